The number of halogens is 1. The number of imidazole rings is 1. The standard InChI is InChI=1S/C21H17FN8O2/c1-21(10-30-16(17(24)29-21)9-27-19(30)18(25)31)13-6-12(3-4-14(13)22)28-20(32)15-5-2-11(7-23)8-26-15/h2-6,8-9H,10H2,1H3,(H2,24,29)(H2,25,31)(H,28,32). The van der Waals surface area contributed by atoms with Crippen molar-refractivity contribution in [3.8, 4) is 6.07 Å². The maximum Gasteiger partial charge on any atom is 0.284 e. The fraction of sp³-hybridized carbons (Fsp3) is 0.143. The van der Waals surface area contributed by atoms with Gasteiger partial charge >= 0.3 is 0 Å². The summed E-state index contributed by atoms with van der Waals surface area (Å²) in [5.74, 6) is -1.78. The van der Waals surface area contributed by atoms with Crippen LogP contribution in [0.1, 0.15) is 44.9 Å². The topological polar surface area (TPSA) is 165 Å². The van der Waals surface area contributed by atoms with Crippen molar-refractivity contribution in [2.45, 2.75) is 19.0 Å². The molecule has 0 bridgehead atoms. The van der Waals surface area contributed by atoms with Crippen LogP contribution in [0, 0.1) is 17.1 Å². The van der Waals surface area contributed by atoms with Crippen LogP contribution in [0.4, 0.5) is 10.1 Å². The molecule has 1 unspecified atom stereocenters. The van der Waals surface area contributed by atoms with Gasteiger partial charge in [-0.1, -0.05) is 0 Å². The molecule has 2 amide bonds. The van der Waals surface area contributed by atoms with Crippen LogP contribution in [-0.4, -0.2) is 32.2 Å². The molecule has 11 heteroatoms. The number of rotatable bonds is 4. The van der Waals surface area contributed by atoms with E-state index in [9.17, 15) is 14.0 Å². The van der Waals surface area contributed by atoms with Gasteiger partial charge in [-0.15, -0.1) is 0 Å². The predicted octanol–water partition coefficient (Wildman–Crippen LogP) is 1.27. The number of nitriles is 1. The first-order valence-corrected chi connectivity index (χ1v) is 9.40. The molecule has 0 aliphatic carbocycles. The molecule has 0 saturated carbocycles. The fourth-order valence-electron chi connectivity index (χ4n) is 3.55. The van der Waals surface area contributed by atoms with E-state index in [2.05, 4.69) is 20.3 Å². The molecule has 3 aromatic rings. The molecule has 10 nitrogen and oxygen atoms in total. The van der Waals surface area contributed by atoms with Gasteiger partial charge in [-0.2, -0.15) is 5.26 Å². The number of aromatic nitrogens is 3. The second-order valence-electron chi connectivity index (χ2n) is 7.38. The number of pyridine rings is 1. The Morgan fingerprint density at radius 3 is 2.69 bits per heavy atom. The number of fused-ring (bicyclic) bond motifs is 1. The lowest BCUT2D eigenvalue weighted by Gasteiger charge is -2.32. The van der Waals surface area contributed by atoms with E-state index >= 15 is 0 Å². The Kier molecular flexibility index (Phi) is 4.90. The number of hydrogen-bond acceptors (Lipinski definition) is 7. The molecule has 3 heterocycles. The van der Waals surface area contributed by atoms with Crippen molar-refractivity contribution in [3.05, 3.63) is 76.9 Å². The SMILES string of the molecule is CC1(c2cc(NC(=O)c3ccc(C#N)cn3)ccc2F)Cn2c(cnc2C(N)=O)C(N)=N1. The van der Waals surface area contributed by atoms with Gasteiger partial charge in [0.15, 0.2) is 5.82 Å². The number of aliphatic imine (C=N–C) groups is 1. The minimum Gasteiger partial charge on any atom is -0.382 e. The van der Waals surface area contributed by atoms with Crippen LogP contribution in [0.2, 0.25) is 0 Å². The van der Waals surface area contributed by atoms with Gasteiger partial charge in [-0.05, 0) is 37.3 Å². The Balaban J connectivity index is 1.67. The average molecular weight is 432 g/mol. The summed E-state index contributed by atoms with van der Waals surface area (Å²) in [6.45, 7) is 1.71. The van der Waals surface area contributed by atoms with Crippen molar-refractivity contribution in [1.29, 1.82) is 5.26 Å². The van der Waals surface area contributed by atoms with Crippen LogP contribution in [0.5, 0.6) is 0 Å². The highest BCUT2D eigenvalue weighted by Crippen LogP contribution is 2.35. The number of carbonyl (C=O) groups excluding carboxylic acids is 2. The zero-order valence-corrected chi connectivity index (χ0v) is 16.8. The third-order valence-electron chi connectivity index (χ3n) is 5.10. The largest absolute Gasteiger partial charge is 0.382 e. The number of amides is 2. The number of carbonyl (C=O) groups is 2. The highest BCUT2D eigenvalue weighted by molar-refractivity contribution is 6.03. The van der Waals surface area contributed by atoms with E-state index in [1.54, 1.807) is 6.92 Å². The summed E-state index contributed by atoms with van der Waals surface area (Å²) < 4.78 is 16.3. The van der Waals surface area contributed by atoms with Crippen LogP contribution in [-0.2, 0) is 12.1 Å². The molecule has 4 rings (SSSR count). The number of nitrogens with zero attached hydrogens (tertiary/aromatic N) is 5. The maximum absolute atomic E-state index is 14.8. The lowest BCUT2D eigenvalue weighted by Crippen LogP contribution is -2.39. The molecule has 1 atom stereocenters. The Bertz CT molecular complexity index is 1320. The van der Waals surface area contributed by atoms with Gasteiger partial charge in [0.25, 0.3) is 11.8 Å². The lowest BCUT2D eigenvalue weighted by atomic mass is 9.90. The molecule has 0 saturated heterocycles. The van der Waals surface area contributed by atoms with Crippen molar-refractivity contribution in [1.82, 2.24) is 14.5 Å². The summed E-state index contributed by atoms with van der Waals surface area (Å²) >= 11 is 0. The van der Waals surface area contributed by atoms with Crippen LogP contribution in [0.15, 0.2) is 47.7 Å². The molecule has 1 aromatic carbocycles. The Hall–Kier alpha value is -4.59. The third-order valence-corrected chi connectivity index (χ3v) is 5.10. The van der Waals surface area contributed by atoms with Crippen LogP contribution < -0.4 is 16.8 Å². The fourth-order valence-corrected chi connectivity index (χ4v) is 3.55. The quantitative estimate of drug-likeness (QED) is 0.562. The summed E-state index contributed by atoms with van der Waals surface area (Å²) in [4.78, 5) is 36.6. The third kappa shape index (κ3) is 3.54. The number of anilines is 1. The van der Waals surface area contributed by atoms with E-state index in [0.717, 1.165) is 0 Å². The first-order valence-electron chi connectivity index (χ1n) is 9.40. The molecule has 1 aliphatic rings. The summed E-state index contributed by atoms with van der Waals surface area (Å²) in [6, 6.07) is 8.85. The van der Waals surface area contributed by atoms with E-state index < -0.39 is 23.2 Å². The van der Waals surface area contributed by atoms with Crippen molar-refractivity contribution < 1.29 is 14.0 Å². The maximum atomic E-state index is 14.8. The van der Waals surface area contributed by atoms with Gasteiger partial charge in [0.1, 0.15) is 34.6 Å². The second kappa shape index (κ2) is 7.59. The van der Waals surface area contributed by atoms with Gasteiger partial charge < -0.3 is 21.4 Å². The molecule has 5 N–H and O–H groups in total. The minimum atomic E-state index is -1.19. The summed E-state index contributed by atoms with van der Waals surface area (Å²) in [5.41, 5.74) is 11.5. The second-order valence-corrected chi connectivity index (χ2v) is 7.38. The molecule has 32 heavy (non-hydrogen) atoms. The predicted molar refractivity (Wildman–Crippen MR) is 112 cm³/mol. The van der Waals surface area contributed by atoms with E-state index in [0.29, 0.717) is 16.9 Å². The van der Waals surface area contributed by atoms with Gasteiger partial charge in [0.05, 0.1) is 18.3 Å². The summed E-state index contributed by atoms with van der Waals surface area (Å²) in [5, 5.41) is 11.5. The zero-order chi connectivity index (χ0) is 23.0. The number of nitrogens with two attached hydrogens (primary N) is 2. The smallest absolute Gasteiger partial charge is 0.284 e. The molecular formula is C21H17FN8O2. The summed E-state index contributed by atoms with van der Waals surface area (Å²) in [6.07, 6.45) is 2.67. The minimum absolute atomic E-state index is 0.0131. The van der Waals surface area contributed by atoms with Crippen LogP contribution >= 0.6 is 0 Å². The van der Waals surface area contributed by atoms with E-state index in [-0.39, 0.29) is 29.5 Å². The van der Waals surface area contributed by atoms with Crippen molar-refractivity contribution in [2.75, 3.05) is 5.32 Å². The molecule has 0 spiro atoms. The Labute approximate surface area is 181 Å². The molecule has 1 aliphatic heterocycles. The Morgan fingerprint density at radius 2 is 2.03 bits per heavy atom. The van der Waals surface area contributed by atoms with Gasteiger partial charge in [0, 0.05) is 17.4 Å². The number of primary amides is 1. The molecule has 160 valence electrons. The highest BCUT2D eigenvalue weighted by atomic mass is 19.1. The number of amidine groups is 1. The monoisotopic (exact) mass is 432 g/mol. The first-order chi connectivity index (χ1) is 15.2. The molecule has 2 aromatic heterocycles. The number of nitrogens with one attached hydrogen (secondary N) is 1. The van der Waals surface area contributed by atoms with E-state index in [1.807, 2.05) is 6.07 Å². The van der Waals surface area contributed by atoms with Crippen molar-refractivity contribution in [2.24, 2.45) is 16.5 Å². The molecule has 0 radical (unpaired) electrons. The average Bonchev–Trinajstić information content (AvgIpc) is 3.19. The van der Waals surface area contributed by atoms with E-state index in [4.69, 9.17) is 16.7 Å². The van der Waals surface area contributed by atoms with Crippen molar-refractivity contribution in [3.63, 3.8) is 0 Å². The van der Waals surface area contributed by atoms with Gasteiger partial charge in [-0.3, -0.25) is 14.6 Å². The number of hydrogen-bond donors (Lipinski definition) is 3. The number of benzene rings is 1. The normalized spacial score (nSPS) is 17.1. The van der Waals surface area contributed by atoms with Gasteiger partial charge in [-0.25, -0.2) is 14.4 Å². The van der Waals surface area contributed by atoms with E-state index in [1.165, 1.54) is 47.3 Å². The van der Waals surface area contributed by atoms with Gasteiger partial charge in [0.2, 0.25) is 0 Å². The van der Waals surface area contributed by atoms with Crippen LogP contribution in [0.3, 0.4) is 0 Å². The lowest BCUT2D eigenvalue weighted by molar-refractivity contribution is 0.0982. The van der Waals surface area contributed by atoms with Crippen molar-refractivity contribution >= 4 is 23.3 Å². The summed E-state index contributed by atoms with van der Waals surface area (Å²) in [7, 11) is 0. The van der Waals surface area contributed by atoms with Crippen LogP contribution in [0.25, 0.3) is 0 Å². The first kappa shape index (κ1) is 20.7. The molecular weight excluding hydrogens is 415 g/mol. The Morgan fingerprint density at radius 1 is 1.25 bits per heavy atom. The highest BCUT2D eigenvalue weighted by Gasteiger charge is 2.36. The molecule has 0 fully saturated rings. The zero-order valence-electron chi connectivity index (χ0n) is 16.8.